The van der Waals surface area contributed by atoms with Gasteiger partial charge in [-0.05, 0) is 11.1 Å². The summed E-state index contributed by atoms with van der Waals surface area (Å²) in [5, 5.41) is 0. The van der Waals surface area contributed by atoms with Gasteiger partial charge < -0.3 is 0 Å². The van der Waals surface area contributed by atoms with E-state index in [2.05, 4.69) is 60.7 Å². The molecule has 2 heteroatoms. The summed E-state index contributed by atoms with van der Waals surface area (Å²) in [4.78, 5) is 0. The molecule has 0 unspecified atom stereocenters. The first-order valence-corrected chi connectivity index (χ1v) is 6.26. The molecule has 0 amide bonds. The van der Waals surface area contributed by atoms with Crippen LogP contribution < -0.4 is 0 Å². The van der Waals surface area contributed by atoms with Gasteiger partial charge in [-0.2, -0.15) is 11.8 Å². The molecule has 2 aromatic carbocycles. The first-order valence-electron chi connectivity index (χ1n) is 5.11. The van der Waals surface area contributed by atoms with Gasteiger partial charge in [-0.3, -0.25) is 0 Å². The number of thioether (sulfide) groups is 1. The zero-order valence-corrected chi connectivity index (χ0v) is 9.41. The standard InChI is InChI=1S/C14H14S.Na.H/c1-3-7-13(8-4-1)11-15-12-14-9-5-2-6-10-14;;/h1-10H,11-12H2;;. The van der Waals surface area contributed by atoms with Crippen molar-refractivity contribution < 1.29 is 0 Å². The van der Waals surface area contributed by atoms with E-state index in [0.717, 1.165) is 11.5 Å². The molecule has 0 bridgehead atoms. The molecule has 0 radical (unpaired) electrons. The smallest absolute Gasteiger partial charge is 0.0187 e. The minimum absolute atomic E-state index is 0. The molecular formula is C14H15NaS. The first-order chi connectivity index (χ1) is 7.45. The van der Waals surface area contributed by atoms with Gasteiger partial charge in [-0.25, -0.2) is 0 Å². The Balaban J connectivity index is 0.00000128. The molecule has 0 saturated heterocycles. The third-order valence-electron chi connectivity index (χ3n) is 2.22. The monoisotopic (exact) mass is 238 g/mol. The van der Waals surface area contributed by atoms with E-state index in [1.165, 1.54) is 11.1 Å². The van der Waals surface area contributed by atoms with Crippen molar-refractivity contribution in [1.82, 2.24) is 0 Å². The molecular weight excluding hydrogens is 223 g/mol. The maximum Gasteiger partial charge on any atom is 0.0187 e. The summed E-state index contributed by atoms with van der Waals surface area (Å²) in [5.41, 5.74) is 2.80. The van der Waals surface area contributed by atoms with Crippen LogP contribution in [0, 0.1) is 0 Å². The second kappa shape index (κ2) is 7.97. The van der Waals surface area contributed by atoms with Gasteiger partial charge >= 0.3 is 29.6 Å². The second-order valence-electron chi connectivity index (χ2n) is 3.46. The quantitative estimate of drug-likeness (QED) is 0.735. The molecule has 2 aromatic rings. The molecule has 0 saturated carbocycles. The number of hydrogen-bond acceptors (Lipinski definition) is 1. The van der Waals surface area contributed by atoms with Gasteiger partial charge in [0.25, 0.3) is 0 Å². The zero-order chi connectivity index (χ0) is 10.3. The van der Waals surface area contributed by atoms with E-state index in [4.69, 9.17) is 0 Å². The third kappa shape index (κ3) is 4.75. The summed E-state index contributed by atoms with van der Waals surface area (Å²) in [5.74, 6) is 2.19. The molecule has 0 heterocycles. The maximum atomic E-state index is 2.18. The second-order valence-corrected chi connectivity index (χ2v) is 4.45. The van der Waals surface area contributed by atoms with Gasteiger partial charge in [0, 0.05) is 11.5 Å². The fourth-order valence-electron chi connectivity index (χ4n) is 1.44. The van der Waals surface area contributed by atoms with Gasteiger partial charge in [0.2, 0.25) is 0 Å². The Bertz CT molecular complexity index is 346. The molecule has 0 N–H and O–H groups in total. The van der Waals surface area contributed by atoms with E-state index >= 15 is 0 Å². The maximum absolute atomic E-state index is 2.18. The summed E-state index contributed by atoms with van der Waals surface area (Å²) in [6, 6.07) is 21.2. The van der Waals surface area contributed by atoms with Gasteiger partial charge in [0.1, 0.15) is 0 Å². The Morgan fingerprint density at radius 2 is 1.00 bits per heavy atom. The molecule has 78 valence electrons. The summed E-state index contributed by atoms with van der Waals surface area (Å²) >= 11 is 1.96. The van der Waals surface area contributed by atoms with Crippen molar-refractivity contribution in [2.75, 3.05) is 0 Å². The van der Waals surface area contributed by atoms with Gasteiger partial charge in [0.15, 0.2) is 0 Å². The van der Waals surface area contributed by atoms with E-state index in [9.17, 15) is 0 Å². The zero-order valence-electron chi connectivity index (χ0n) is 8.60. The van der Waals surface area contributed by atoms with Crippen molar-refractivity contribution in [3.05, 3.63) is 71.8 Å². The van der Waals surface area contributed by atoms with E-state index in [0.29, 0.717) is 0 Å². The van der Waals surface area contributed by atoms with Crippen LogP contribution in [0.5, 0.6) is 0 Å². The molecule has 16 heavy (non-hydrogen) atoms. The number of hydrogen-bond donors (Lipinski definition) is 0. The van der Waals surface area contributed by atoms with E-state index in [1.54, 1.807) is 0 Å². The fraction of sp³-hybridized carbons (Fsp3) is 0.143. The minimum Gasteiger partial charge on any atom is -0.152 e. The van der Waals surface area contributed by atoms with Crippen LogP contribution in [0.15, 0.2) is 60.7 Å². The molecule has 0 spiro atoms. The van der Waals surface area contributed by atoms with Crippen molar-refractivity contribution in [2.45, 2.75) is 11.5 Å². The van der Waals surface area contributed by atoms with Crippen LogP contribution in [-0.2, 0) is 11.5 Å². The summed E-state index contributed by atoms with van der Waals surface area (Å²) < 4.78 is 0. The van der Waals surface area contributed by atoms with E-state index in [-0.39, 0.29) is 29.6 Å². The SMILES string of the molecule is [NaH].c1ccc(CSCc2ccccc2)cc1. The van der Waals surface area contributed by atoms with Gasteiger partial charge in [-0.15, -0.1) is 0 Å². The van der Waals surface area contributed by atoms with Crippen LogP contribution in [0.25, 0.3) is 0 Å². The largest absolute Gasteiger partial charge is 0.152 e. The predicted molar refractivity (Wildman–Crippen MR) is 75.0 cm³/mol. The normalized spacial score (nSPS) is 9.50. The van der Waals surface area contributed by atoms with Crippen molar-refractivity contribution in [3.63, 3.8) is 0 Å². The van der Waals surface area contributed by atoms with Gasteiger partial charge in [-0.1, -0.05) is 60.7 Å². The third-order valence-corrected chi connectivity index (χ3v) is 3.30. The predicted octanol–water partition coefficient (Wildman–Crippen LogP) is 3.47. The van der Waals surface area contributed by atoms with Crippen LogP contribution >= 0.6 is 11.8 Å². The van der Waals surface area contributed by atoms with Crippen LogP contribution in [-0.4, -0.2) is 29.6 Å². The molecule has 0 aromatic heterocycles. The molecule has 0 atom stereocenters. The van der Waals surface area contributed by atoms with E-state index < -0.39 is 0 Å². The molecule has 0 aliphatic rings. The van der Waals surface area contributed by atoms with Crippen molar-refractivity contribution in [2.24, 2.45) is 0 Å². The Morgan fingerprint density at radius 1 is 0.625 bits per heavy atom. The average molecular weight is 238 g/mol. The van der Waals surface area contributed by atoms with Crippen LogP contribution in [0.1, 0.15) is 11.1 Å². The Morgan fingerprint density at radius 3 is 1.38 bits per heavy atom. The Labute approximate surface area is 124 Å². The summed E-state index contributed by atoms with van der Waals surface area (Å²) in [6.45, 7) is 0. The Kier molecular flexibility index (Phi) is 6.90. The van der Waals surface area contributed by atoms with Crippen molar-refractivity contribution >= 4 is 41.3 Å². The van der Waals surface area contributed by atoms with Crippen LogP contribution in [0.4, 0.5) is 0 Å². The molecule has 0 aliphatic carbocycles. The average Bonchev–Trinajstić information content (AvgIpc) is 2.32. The molecule has 0 nitrogen and oxygen atoms in total. The van der Waals surface area contributed by atoms with Crippen LogP contribution in [0.2, 0.25) is 0 Å². The summed E-state index contributed by atoms with van der Waals surface area (Å²) in [7, 11) is 0. The summed E-state index contributed by atoms with van der Waals surface area (Å²) in [6.07, 6.45) is 0. The molecule has 2 rings (SSSR count). The molecule has 0 aliphatic heterocycles. The van der Waals surface area contributed by atoms with E-state index in [1.807, 2.05) is 11.8 Å². The van der Waals surface area contributed by atoms with Crippen LogP contribution in [0.3, 0.4) is 0 Å². The Hall–Kier alpha value is -0.210. The topological polar surface area (TPSA) is 0 Å². The first kappa shape index (κ1) is 13.9. The molecule has 0 fully saturated rings. The van der Waals surface area contributed by atoms with Crippen molar-refractivity contribution in [3.8, 4) is 0 Å². The van der Waals surface area contributed by atoms with Crippen molar-refractivity contribution in [1.29, 1.82) is 0 Å². The minimum atomic E-state index is 0. The number of benzene rings is 2. The fourth-order valence-corrected chi connectivity index (χ4v) is 2.39. The van der Waals surface area contributed by atoms with Gasteiger partial charge in [0.05, 0.1) is 0 Å². The number of rotatable bonds is 4.